The number of hydrogen-bond donors (Lipinski definition) is 2. The molecule has 1 aliphatic rings. The third-order valence-electron chi connectivity index (χ3n) is 2.91. The van der Waals surface area contributed by atoms with Crippen LogP contribution >= 0.6 is 0 Å². The van der Waals surface area contributed by atoms with Crippen molar-refractivity contribution in [1.82, 2.24) is 5.32 Å². The lowest BCUT2D eigenvalue weighted by atomic mass is 10.1. The predicted molar refractivity (Wildman–Crippen MR) is 59.8 cm³/mol. The van der Waals surface area contributed by atoms with Crippen LogP contribution in [0, 0.1) is 5.92 Å². The van der Waals surface area contributed by atoms with E-state index in [0.29, 0.717) is 12.5 Å². The molecule has 1 saturated carbocycles. The molecule has 0 heterocycles. The monoisotopic (exact) mass is 268 g/mol. The van der Waals surface area contributed by atoms with Crippen molar-refractivity contribution in [2.24, 2.45) is 11.7 Å². The SMILES string of the molecule is NC1CCC(CNC(=O)CCOCC(F)(F)F)C1. The summed E-state index contributed by atoms with van der Waals surface area (Å²) in [5.74, 6) is 0.109. The molecule has 0 aliphatic heterocycles. The third-order valence-corrected chi connectivity index (χ3v) is 2.91. The number of carbonyl (C=O) groups is 1. The molecule has 1 amide bonds. The highest BCUT2D eigenvalue weighted by atomic mass is 19.4. The van der Waals surface area contributed by atoms with E-state index in [2.05, 4.69) is 10.1 Å². The number of halogens is 3. The number of ether oxygens (including phenoxy) is 1. The van der Waals surface area contributed by atoms with E-state index < -0.39 is 12.8 Å². The van der Waals surface area contributed by atoms with Gasteiger partial charge in [-0.25, -0.2) is 0 Å². The highest BCUT2D eigenvalue weighted by molar-refractivity contribution is 5.75. The van der Waals surface area contributed by atoms with Crippen molar-refractivity contribution in [2.45, 2.75) is 37.9 Å². The van der Waals surface area contributed by atoms with Crippen LogP contribution in [0.2, 0.25) is 0 Å². The molecule has 0 saturated heterocycles. The molecule has 1 aliphatic carbocycles. The molecule has 1 fully saturated rings. The van der Waals surface area contributed by atoms with Crippen molar-refractivity contribution in [3.05, 3.63) is 0 Å². The summed E-state index contributed by atoms with van der Waals surface area (Å²) < 4.78 is 39.5. The first-order valence-electron chi connectivity index (χ1n) is 6.03. The second kappa shape index (κ2) is 6.94. The maximum Gasteiger partial charge on any atom is 0.411 e. The van der Waals surface area contributed by atoms with Crippen LogP contribution in [0.25, 0.3) is 0 Å². The highest BCUT2D eigenvalue weighted by Gasteiger charge is 2.27. The Hall–Kier alpha value is -0.820. The minimum absolute atomic E-state index is 0.0468. The van der Waals surface area contributed by atoms with E-state index in [-0.39, 0.29) is 25.0 Å². The van der Waals surface area contributed by atoms with Gasteiger partial charge in [-0.2, -0.15) is 13.2 Å². The van der Waals surface area contributed by atoms with Crippen molar-refractivity contribution in [1.29, 1.82) is 0 Å². The summed E-state index contributed by atoms with van der Waals surface area (Å²) in [6.07, 6.45) is -1.53. The number of alkyl halides is 3. The number of carbonyl (C=O) groups excluding carboxylic acids is 1. The van der Waals surface area contributed by atoms with Crippen molar-refractivity contribution < 1.29 is 22.7 Å². The Morgan fingerprint density at radius 1 is 1.39 bits per heavy atom. The van der Waals surface area contributed by atoms with E-state index in [4.69, 9.17) is 5.73 Å². The third kappa shape index (κ3) is 6.80. The van der Waals surface area contributed by atoms with Crippen LogP contribution in [0.1, 0.15) is 25.7 Å². The van der Waals surface area contributed by atoms with Crippen LogP contribution < -0.4 is 11.1 Å². The van der Waals surface area contributed by atoms with Crippen LogP contribution in [-0.2, 0) is 9.53 Å². The minimum Gasteiger partial charge on any atom is -0.372 e. The number of hydrogen-bond acceptors (Lipinski definition) is 3. The molecule has 2 unspecified atom stereocenters. The zero-order valence-electron chi connectivity index (χ0n) is 10.1. The second-order valence-corrected chi connectivity index (χ2v) is 4.66. The maximum absolute atomic E-state index is 11.7. The summed E-state index contributed by atoms with van der Waals surface area (Å²) in [5, 5.41) is 2.69. The van der Waals surface area contributed by atoms with Crippen LogP contribution in [0.5, 0.6) is 0 Å². The van der Waals surface area contributed by atoms with Gasteiger partial charge in [-0.1, -0.05) is 0 Å². The van der Waals surface area contributed by atoms with Gasteiger partial charge in [0.15, 0.2) is 0 Å². The molecule has 0 radical (unpaired) electrons. The van der Waals surface area contributed by atoms with Crippen LogP contribution in [0.3, 0.4) is 0 Å². The average Bonchev–Trinajstić information content (AvgIpc) is 2.66. The van der Waals surface area contributed by atoms with E-state index >= 15 is 0 Å². The van der Waals surface area contributed by atoms with Crippen LogP contribution in [-0.4, -0.2) is 37.9 Å². The molecule has 2 atom stereocenters. The predicted octanol–water partition coefficient (Wildman–Crippen LogP) is 1.20. The van der Waals surface area contributed by atoms with Crippen molar-refractivity contribution in [3.8, 4) is 0 Å². The van der Waals surface area contributed by atoms with E-state index in [9.17, 15) is 18.0 Å². The van der Waals surface area contributed by atoms with E-state index in [0.717, 1.165) is 19.3 Å². The summed E-state index contributed by atoms with van der Waals surface area (Å²) in [6, 6.07) is 0.210. The number of amides is 1. The number of rotatable bonds is 6. The second-order valence-electron chi connectivity index (χ2n) is 4.66. The molecule has 7 heteroatoms. The molecule has 0 aromatic carbocycles. The van der Waals surface area contributed by atoms with E-state index in [1.54, 1.807) is 0 Å². The summed E-state index contributed by atoms with van der Waals surface area (Å²) in [7, 11) is 0. The van der Waals surface area contributed by atoms with Gasteiger partial charge in [0.25, 0.3) is 0 Å². The lowest BCUT2D eigenvalue weighted by molar-refractivity contribution is -0.174. The Bertz CT molecular complexity index is 272. The van der Waals surface area contributed by atoms with Gasteiger partial charge in [-0.15, -0.1) is 0 Å². The molecule has 0 bridgehead atoms. The van der Waals surface area contributed by atoms with Crippen LogP contribution in [0.15, 0.2) is 0 Å². The van der Waals surface area contributed by atoms with Crippen molar-refractivity contribution >= 4 is 5.91 Å². The van der Waals surface area contributed by atoms with Gasteiger partial charge >= 0.3 is 6.18 Å². The molecular formula is C11H19F3N2O2. The van der Waals surface area contributed by atoms with Crippen molar-refractivity contribution in [3.63, 3.8) is 0 Å². The summed E-state index contributed by atoms with van der Waals surface area (Å²) in [5.41, 5.74) is 5.73. The number of nitrogens with two attached hydrogens (primary N) is 1. The van der Waals surface area contributed by atoms with Crippen LogP contribution in [0.4, 0.5) is 13.2 Å². The van der Waals surface area contributed by atoms with Gasteiger partial charge in [0.2, 0.25) is 5.91 Å². The molecular weight excluding hydrogens is 249 g/mol. The van der Waals surface area contributed by atoms with Gasteiger partial charge in [-0.3, -0.25) is 4.79 Å². The Morgan fingerprint density at radius 2 is 2.11 bits per heavy atom. The first-order valence-corrected chi connectivity index (χ1v) is 6.03. The maximum atomic E-state index is 11.7. The molecule has 106 valence electrons. The molecule has 1 rings (SSSR count). The van der Waals surface area contributed by atoms with E-state index in [1.807, 2.05) is 0 Å². The Labute approximate surface area is 104 Å². The highest BCUT2D eigenvalue weighted by Crippen LogP contribution is 2.23. The van der Waals surface area contributed by atoms with Gasteiger partial charge in [-0.05, 0) is 25.2 Å². The minimum atomic E-state index is -4.34. The lowest BCUT2D eigenvalue weighted by Gasteiger charge is -2.11. The summed E-state index contributed by atoms with van der Waals surface area (Å²) in [4.78, 5) is 11.3. The quantitative estimate of drug-likeness (QED) is 0.711. The fourth-order valence-corrected chi connectivity index (χ4v) is 2.00. The molecule has 4 nitrogen and oxygen atoms in total. The summed E-state index contributed by atoms with van der Waals surface area (Å²) in [6.45, 7) is -0.973. The van der Waals surface area contributed by atoms with Gasteiger partial charge < -0.3 is 15.8 Å². The average molecular weight is 268 g/mol. The fourth-order valence-electron chi connectivity index (χ4n) is 2.00. The molecule has 3 N–H and O–H groups in total. The van der Waals surface area contributed by atoms with Crippen molar-refractivity contribution in [2.75, 3.05) is 19.8 Å². The molecule has 0 aromatic heterocycles. The topological polar surface area (TPSA) is 64.3 Å². The molecule has 18 heavy (non-hydrogen) atoms. The van der Waals surface area contributed by atoms with Gasteiger partial charge in [0.1, 0.15) is 6.61 Å². The van der Waals surface area contributed by atoms with E-state index in [1.165, 1.54) is 0 Å². The smallest absolute Gasteiger partial charge is 0.372 e. The molecule has 0 spiro atoms. The Morgan fingerprint density at radius 3 is 2.67 bits per heavy atom. The first kappa shape index (κ1) is 15.2. The zero-order valence-corrected chi connectivity index (χ0v) is 10.1. The number of nitrogens with one attached hydrogen (secondary N) is 1. The molecule has 0 aromatic rings. The lowest BCUT2D eigenvalue weighted by Crippen LogP contribution is -2.30. The van der Waals surface area contributed by atoms with Gasteiger partial charge in [0.05, 0.1) is 6.61 Å². The normalized spacial score (nSPS) is 24.2. The standard InChI is InChI=1S/C11H19F3N2O2/c12-11(13,14)7-18-4-3-10(17)16-6-8-1-2-9(15)5-8/h8-9H,1-7,15H2,(H,16,17). The first-order chi connectivity index (χ1) is 8.37. The van der Waals surface area contributed by atoms with Gasteiger partial charge in [0, 0.05) is 19.0 Å². The Balaban J connectivity index is 2.00. The summed E-state index contributed by atoms with van der Waals surface area (Å²) >= 11 is 0. The zero-order chi connectivity index (χ0) is 13.6. The Kier molecular flexibility index (Phi) is 5.87. The largest absolute Gasteiger partial charge is 0.411 e. The fraction of sp³-hybridized carbons (Fsp3) is 0.909.